The van der Waals surface area contributed by atoms with Crippen molar-refractivity contribution >= 4 is 56.4 Å². The molecule has 0 fully saturated rings. The first-order chi connectivity index (χ1) is 11.7. The van der Waals surface area contributed by atoms with Crippen molar-refractivity contribution in [1.29, 1.82) is 0 Å². The zero-order valence-corrected chi connectivity index (χ0v) is 16.5. The number of halogens is 1. The fraction of sp³-hybridized carbons (Fsp3) is 0.235. The number of hydrogen-bond acceptors (Lipinski definition) is 4. The number of thiophene rings is 1. The molecule has 2 rings (SSSR count). The molecule has 132 valence electrons. The van der Waals surface area contributed by atoms with Crippen LogP contribution in [0.3, 0.4) is 0 Å². The van der Waals surface area contributed by atoms with Gasteiger partial charge in [0.15, 0.2) is 0 Å². The van der Waals surface area contributed by atoms with Crippen molar-refractivity contribution in [3.05, 3.63) is 44.6 Å². The maximum atomic E-state index is 12.7. The molecule has 0 aliphatic rings. The lowest BCUT2D eigenvalue weighted by Gasteiger charge is -2.18. The van der Waals surface area contributed by atoms with Gasteiger partial charge in [0, 0.05) is 52.6 Å². The van der Waals surface area contributed by atoms with Crippen LogP contribution in [-0.4, -0.2) is 29.7 Å². The monoisotopic (exact) mass is 423 g/mol. The van der Waals surface area contributed by atoms with Crippen molar-refractivity contribution in [3.8, 4) is 0 Å². The van der Waals surface area contributed by atoms with Crippen LogP contribution in [0.25, 0.3) is 0 Å². The second-order valence-electron chi connectivity index (χ2n) is 5.55. The Kier molecular flexibility index (Phi) is 6.33. The van der Waals surface area contributed by atoms with E-state index in [1.165, 1.54) is 13.8 Å². The fourth-order valence-corrected chi connectivity index (χ4v) is 3.77. The highest BCUT2D eigenvalue weighted by atomic mass is 79.9. The molecule has 25 heavy (non-hydrogen) atoms. The summed E-state index contributed by atoms with van der Waals surface area (Å²) in [6, 6.07) is 6.76. The Labute approximate surface area is 158 Å². The van der Waals surface area contributed by atoms with Gasteiger partial charge < -0.3 is 15.5 Å². The van der Waals surface area contributed by atoms with Gasteiger partial charge in [-0.25, -0.2) is 0 Å². The summed E-state index contributed by atoms with van der Waals surface area (Å²) < 4.78 is 0.981. The molecule has 2 N–H and O–H groups in total. The van der Waals surface area contributed by atoms with Crippen LogP contribution in [0, 0.1) is 0 Å². The van der Waals surface area contributed by atoms with Crippen LogP contribution >= 0.6 is 27.3 Å². The molecule has 0 radical (unpaired) electrons. The molecular formula is C17H18BrN3O3S. The Morgan fingerprint density at radius 3 is 2.04 bits per heavy atom. The highest BCUT2D eigenvalue weighted by Gasteiger charge is 2.15. The van der Waals surface area contributed by atoms with Gasteiger partial charge in [0.2, 0.25) is 11.8 Å². The topological polar surface area (TPSA) is 78.5 Å². The molecule has 0 bridgehead atoms. The lowest BCUT2D eigenvalue weighted by molar-refractivity contribution is -0.115. The average molecular weight is 424 g/mol. The normalized spacial score (nSPS) is 10.2. The molecule has 2 aromatic rings. The first-order valence-corrected chi connectivity index (χ1v) is 9.10. The second-order valence-corrected chi connectivity index (χ2v) is 7.47. The summed E-state index contributed by atoms with van der Waals surface area (Å²) in [6.07, 6.45) is 0. The molecule has 0 saturated carbocycles. The molecule has 6 nitrogen and oxygen atoms in total. The highest BCUT2D eigenvalue weighted by molar-refractivity contribution is 9.10. The average Bonchev–Trinajstić information content (AvgIpc) is 2.89. The van der Waals surface area contributed by atoms with Crippen LogP contribution in [-0.2, 0) is 16.1 Å². The number of rotatable bonds is 5. The predicted octanol–water partition coefficient (Wildman–Crippen LogP) is 3.70. The minimum atomic E-state index is -0.254. The van der Waals surface area contributed by atoms with Gasteiger partial charge in [0.05, 0.1) is 6.54 Å². The lowest BCUT2D eigenvalue weighted by atomic mass is 10.1. The molecule has 0 unspecified atom stereocenters. The van der Waals surface area contributed by atoms with Gasteiger partial charge in [-0.3, -0.25) is 14.4 Å². The van der Waals surface area contributed by atoms with Crippen molar-refractivity contribution in [3.63, 3.8) is 0 Å². The maximum Gasteiger partial charge on any atom is 0.254 e. The number of nitrogens with zero attached hydrogens (tertiary/aromatic N) is 1. The van der Waals surface area contributed by atoms with E-state index in [0.29, 0.717) is 23.5 Å². The van der Waals surface area contributed by atoms with Crippen LogP contribution in [0.5, 0.6) is 0 Å². The number of carbonyl (C=O) groups excluding carboxylic acids is 3. The van der Waals surface area contributed by atoms with Gasteiger partial charge in [-0.05, 0) is 40.2 Å². The van der Waals surface area contributed by atoms with E-state index in [4.69, 9.17) is 0 Å². The number of carbonyl (C=O) groups is 3. The molecule has 3 amide bonds. The van der Waals surface area contributed by atoms with Crippen molar-refractivity contribution < 1.29 is 14.4 Å². The molecule has 0 atom stereocenters. The van der Waals surface area contributed by atoms with Crippen LogP contribution in [0.4, 0.5) is 11.4 Å². The van der Waals surface area contributed by atoms with E-state index in [0.717, 1.165) is 9.35 Å². The Bertz CT molecular complexity index is 785. The first kappa shape index (κ1) is 19.1. The van der Waals surface area contributed by atoms with Gasteiger partial charge in [-0.2, -0.15) is 0 Å². The van der Waals surface area contributed by atoms with Crippen molar-refractivity contribution in [2.24, 2.45) is 0 Å². The minimum Gasteiger partial charge on any atom is -0.337 e. The summed E-state index contributed by atoms with van der Waals surface area (Å²) in [4.78, 5) is 38.0. The largest absolute Gasteiger partial charge is 0.337 e. The summed E-state index contributed by atoms with van der Waals surface area (Å²) in [5.41, 5.74) is 1.29. The van der Waals surface area contributed by atoms with E-state index < -0.39 is 0 Å². The minimum absolute atomic E-state index is 0.205. The Hall–Kier alpha value is -2.19. The molecule has 0 spiro atoms. The molecule has 8 heteroatoms. The maximum absolute atomic E-state index is 12.7. The van der Waals surface area contributed by atoms with Crippen LogP contribution in [0.15, 0.2) is 34.1 Å². The summed E-state index contributed by atoms with van der Waals surface area (Å²) in [7, 11) is 1.71. The zero-order chi connectivity index (χ0) is 18.6. The van der Waals surface area contributed by atoms with Gasteiger partial charge >= 0.3 is 0 Å². The van der Waals surface area contributed by atoms with Gasteiger partial charge in [0.1, 0.15) is 0 Å². The standard InChI is InChI=1S/C17H18BrN3O3S/c1-10(22)19-14-4-12(5-15(7-14)20-11(2)23)17(24)21(3)8-16-6-13(18)9-25-16/h4-7,9H,8H2,1-3H3,(H,19,22)(H,20,23). The summed E-state index contributed by atoms with van der Waals surface area (Å²) in [5, 5.41) is 7.24. The van der Waals surface area contributed by atoms with Gasteiger partial charge in [-0.1, -0.05) is 0 Å². The molecule has 1 aromatic carbocycles. The summed E-state index contributed by atoms with van der Waals surface area (Å²) in [6.45, 7) is 3.23. The molecule has 0 aliphatic carbocycles. The fourth-order valence-electron chi connectivity index (χ4n) is 2.26. The summed E-state index contributed by atoms with van der Waals surface area (Å²) >= 11 is 4.95. The van der Waals surface area contributed by atoms with E-state index in [2.05, 4.69) is 26.6 Å². The van der Waals surface area contributed by atoms with Crippen LogP contribution < -0.4 is 10.6 Å². The van der Waals surface area contributed by atoms with E-state index in [1.54, 1.807) is 41.5 Å². The highest BCUT2D eigenvalue weighted by Crippen LogP contribution is 2.23. The molecule has 0 saturated heterocycles. The zero-order valence-electron chi connectivity index (χ0n) is 14.1. The second kappa shape index (κ2) is 8.26. The number of amides is 3. The van der Waals surface area contributed by atoms with E-state index in [9.17, 15) is 14.4 Å². The number of anilines is 2. The summed E-state index contributed by atoms with van der Waals surface area (Å²) in [5.74, 6) is -0.714. The third-order valence-corrected chi connectivity index (χ3v) is 4.86. The Morgan fingerprint density at radius 1 is 1.04 bits per heavy atom. The predicted molar refractivity (Wildman–Crippen MR) is 103 cm³/mol. The Morgan fingerprint density at radius 2 is 1.60 bits per heavy atom. The van der Waals surface area contributed by atoms with Crippen molar-refractivity contribution in [1.82, 2.24) is 4.90 Å². The third-order valence-electron chi connectivity index (χ3n) is 3.18. The van der Waals surface area contributed by atoms with E-state index >= 15 is 0 Å². The number of nitrogens with one attached hydrogen (secondary N) is 2. The van der Waals surface area contributed by atoms with Crippen LogP contribution in [0.1, 0.15) is 29.1 Å². The number of hydrogen-bond donors (Lipinski definition) is 2. The Balaban J connectivity index is 2.26. The lowest BCUT2D eigenvalue weighted by Crippen LogP contribution is -2.26. The van der Waals surface area contributed by atoms with Gasteiger partial charge in [-0.15, -0.1) is 11.3 Å². The molecule has 1 aromatic heterocycles. The molecule has 0 aliphatic heterocycles. The van der Waals surface area contributed by atoms with Crippen molar-refractivity contribution in [2.75, 3.05) is 17.7 Å². The van der Waals surface area contributed by atoms with Gasteiger partial charge in [0.25, 0.3) is 5.91 Å². The quantitative estimate of drug-likeness (QED) is 0.769. The third kappa shape index (κ3) is 5.68. The van der Waals surface area contributed by atoms with Crippen LogP contribution in [0.2, 0.25) is 0 Å². The van der Waals surface area contributed by atoms with Crippen molar-refractivity contribution in [2.45, 2.75) is 20.4 Å². The molecular weight excluding hydrogens is 406 g/mol. The van der Waals surface area contributed by atoms with E-state index in [-0.39, 0.29) is 17.7 Å². The number of benzene rings is 1. The SMILES string of the molecule is CC(=O)Nc1cc(NC(C)=O)cc(C(=O)N(C)Cc2cc(Br)cs2)c1. The van der Waals surface area contributed by atoms with E-state index in [1.807, 2.05) is 11.4 Å². The first-order valence-electron chi connectivity index (χ1n) is 7.43. The smallest absolute Gasteiger partial charge is 0.254 e. The molecule has 1 heterocycles.